The number of halogens is 1. The lowest BCUT2D eigenvalue weighted by molar-refractivity contribution is -0.129. The predicted molar refractivity (Wildman–Crippen MR) is 71.1 cm³/mol. The summed E-state index contributed by atoms with van der Waals surface area (Å²) in [5.41, 5.74) is 1.33. The van der Waals surface area contributed by atoms with Gasteiger partial charge in [0.2, 0.25) is 5.91 Å². The molecule has 2 aliphatic rings. The SMILES string of the molecule is O=C1Nc2cc(Cl)ccc2NCC12CCOCC2. The second-order valence-corrected chi connectivity index (χ2v) is 5.33. The van der Waals surface area contributed by atoms with Crippen LogP contribution in [-0.2, 0) is 9.53 Å². The van der Waals surface area contributed by atoms with Crippen LogP contribution in [0.15, 0.2) is 18.2 Å². The van der Waals surface area contributed by atoms with Crippen LogP contribution in [0.25, 0.3) is 0 Å². The number of hydrogen-bond acceptors (Lipinski definition) is 3. The summed E-state index contributed by atoms with van der Waals surface area (Å²) in [4.78, 5) is 12.4. The van der Waals surface area contributed by atoms with Gasteiger partial charge in [-0.1, -0.05) is 11.6 Å². The van der Waals surface area contributed by atoms with Crippen molar-refractivity contribution in [1.82, 2.24) is 0 Å². The quantitative estimate of drug-likeness (QED) is 0.759. The van der Waals surface area contributed by atoms with E-state index in [-0.39, 0.29) is 11.3 Å². The van der Waals surface area contributed by atoms with E-state index in [9.17, 15) is 4.79 Å². The highest BCUT2D eigenvalue weighted by molar-refractivity contribution is 6.31. The minimum absolute atomic E-state index is 0.0688. The standard InChI is InChI=1S/C13H15ClN2O2/c14-9-1-2-10-11(7-9)16-12(17)13(8-15-10)3-5-18-6-4-13/h1-2,7,15H,3-6,8H2,(H,16,17). The number of anilines is 2. The van der Waals surface area contributed by atoms with Gasteiger partial charge in [-0.25, -0.2) is 0 Å². The molecule has 5 heteroatoms. The molecule has 0 atom stereocenters. The minimum atomic E-state index is -0.357. The maximum absolute atomic E-state index is 12.4. The summed E-state index contributed by atoms with van der Waals surface area (Å²) in [6.07, 6.45) is 1.51. The highest BCUT2D eigenvalue weighted by atomic mass is 35.5. The Labute approximate surface area is 111 Å². The summed E-state index contributed by atoms with van der Waals surface area (Å²) in [6, 6.07) is 5.50. The molecule has 0 saturated carbocycles. The number of hydrogen-bond donors (Lipinski definition) is 2. The second kappa shape index (κ2) is 4.44. The molecule has 2 N–H and O–H groups in total. The molecular weight excluding hydrogens is 252 g/mol. The van der Waals surface area contributed by atoms with Crippen LogP contribution in [0, 0.1) is 5.41 Å². The van der Waals surface area contributed by atoms with Gasteiger partial charge in [0.05, 0.1) is 16.8 Å². The molecule has 4 nitrogen and oxygen atoms in total. The van der Waals surface area contributed by atoms with E-state index in [0.29, 0.717) is 24.8 Å². The Morgan fingerprint density at radius 1 is 1.22 bits per heavy atom. The molecule has 0 aliphatic carbocycles. The van der Waals surface area contributed by atoms with Crippen LogP contribution in [0.3, 0.4) is 0 Å². The Kier molecular flexibility index (Phi) is 2.92. The van der Waals surface area contributed by atoms with Gasteiger partial charge in [0.25, 0.3) is 0 Å². The number of carbonyl (C=O) groups excluding carboxylic acids is 1. The average molecular weight is 267 g/mol. The first-order valence-corrected chi connectivity index (χ1v) is 6.50. The fourth-order valence-electron chi connectivity index (χ4n) is 2.54. The van der Waals surface area contributed by atoms with Crippen molar-refractivity contribution in [3.8, 4) is 0 Å². The van der Waals surface area contributed by atoms with Crippen molar-refractivity contribution in [2.24, 2.45) is 5.41 Å². The summed E-state index contributed by atoms with van der Waals surface area (Å²) in [6.45, 7) is 1.94. The van der Waals surface area contributed by atoms with E-state index < -0.39 is 0 Å². The van der Waals surface area contributed by atoms with Gasteiger partial charge in [0, 0.05) is 24.8 Å². The normalized spacial score (nSPS) is 21.7. The third kappa shape index (κ3) is 1.95. The number of carbonyl (C=O) groups is 1. The topological polar surface area (TPSA) is 50.4 Å². The van der Waals surface area contributed by atoms with Crippen LogP contribution in [0.2, 0.25) is 5.02 Å². The van der Waals surface area contributed by atoms with Crippen LogP contribution < -0.4 is 10.6 Å². The van der Waals surface area contributed by atoms with Crippen molar-refractivity contribution in [3.63, 3.8) is 0 Å². The molecule has 96 valence electrons. The Hall–Kier alpha value is -1.26. The Morgan fingerprint density at radius 2 is 2.00 bits per heavy atom. The van der Waals surface area contributed by atoms with E-state index in [0.717, 1.165) is 24.2 Å². The van der Waals surface area contributed by atoms with E-state index in [1.807, 2.05) is 12.1 Å². The zero-order valence-corrected chi connectivity index (χ0v) is 10.7. The molecule has 1 fully saturated rings. The first kappa shape index (κ1) is 11.8. The van der Waals surface area contributed by atoms with Gasteiger partial charge < -0.3 is 15.4 Å². The molecule has 0 bridgehead atoms. The highest BCUT2D eigenvalue weighted by Crippen LogP contribution is 2.37. The Morgan fingerprint density at radius 3 is 2.78 bits per heavy atom. The van der Waals surface area contributed by atoms with E-state index in [4.69, 9.17) is 16.3 Å². The minimum Gasteiger partial charge on any atom is -0.382 e. The monoisotopic (exact) mass is 266 g/mol. The molecule has 2 aliphatic heterocycles. The molecule has 3 rings (SSSR count). The lowest BCUT2D eigenvalue weighted by Gasteiger charge is -2.34. The molecule has 0 radical (unpaired) electrons. The number of nitrogens with one attached hydrogen (secondary N) is 2. The van der Waals surface area contributed by atoms with Gasteiger partial charge in [-0.2, -0.15) is 0 Å². The van der Waals surface area contributed by atoms with Crippen molar-refractivity contribution >= 4 is 28.9 Å². The Balaban J connectivity index is 1.92. The summed E-state index contributed by atoms with van der Waals surface area (Å²) in [5, 5.41) is 6.95. The highest BCUT2D eigenvalue weighted by Gasteiger charge is 2.41. The first-order chi connectivity index (χ1) is 8.70. The lowest BCUT2D eigenvalue weighted by Crippen LogP contribution is -2.44. The van der Waals surface area contributed by atoms with Crippen LogP contribution in [-0.4, -0.2) is 25.7 Å². The van der Waals surface area contributed by atoms with Gasteiger partial charge in [0.15, 0.2) is 0 Å². The van der Waals surface area contributed by atoms with Gasteiger partial charge in [-0.3, -0.25) is 4.79 Å². The van der Waals surface area contributed by atoms with E-state index in [2.05, 4.69) is 10.6 Å². The van der Waals surface area contributed by atoms with E-state index in [1.165, 1.54) is 0 Å². The molecule has 1 aromatic rings. The van der Waals surface area contributed by atoms with Gasteiger partial charge >= 0.3 is 0 Å². The van der Waals surface area contributed by atoms with E-state index in [1.54, 1.807) is 6.07 Å². The molecule has 2 heterocycles. The van der Waals surface area contributed by atoms with Crippen molar-refractivity contribution in [1.29, 1.82) is 0 Å². The summed E-state index contributed by atoms with van der Waals surface area (Å²) in [7, 11) is 0. The molecule has 1 aromatic carbocycles. The molecule has 1 spiro atoms. The third-order valence-electron chi connectivity index (χ3n) is 3.78. The zero-order valence-electron chi connectivity index (χ0n) is 9.96. The smallest absolute Gasteiger partial charge is 0.232 e. The number of benzene rings is 1. The van der Waals surface area contributed by atoms with Crippen LogP contribution in [0.5, 0.6) is 0 Å². The van der Waals surface area contributed by atoms with Gasteiger partial charge in [-0.15, -0.1) is 0 Å². The molecule has 0 aromatic heterocycles. The maximum Gasteiger partial charge on any atom is 0.232 e. The second-order valence-electron chi connectivity index (χ2n) is 4.89. The van der Waals surface area contributed by atoms with Crippen LogP contribution in [0.1, 0.15) is 12.8 Å². The fraction of sp³-hybridized carbons (Fsp3) is 0.462. The molecule has 1 saturated heterocycles. The average Bonchev–Trinajstić information content (AvgIpc) is 2.50. The van der Waals surface area contributed by atoms with Gasteiger partial charge in [-0.05, 0) is 31.0 Å². The van der Waals surface area contributed by atoms with Crippen molar-refractivity contribution in [2.75, 3.05) is 30.4 Å². The molecule has 18 heavy (non-hydrogen) atoms. The fourth-order valence-corrected chi connectivity index (χ4v) is 2.71. The molecule has 0 unspecified atom stereocenters. The third-order valence-corrected chi connectivity index (χ3v) is 4.01. The van der Waals surface area contributed by atoms with Gasteiger partial charge in [0.1, 0.15) is 0 Å². The Bertz CT molecular complexity index is 484. The maximum atomic E-state index is 12.4. The first-order valence-electron chi connectivity index (χ1n) is 6.12. The number of rotatable bonds is 0. The number of amides is 1. The van der Waals surface area contributed by atoms with Crippen LogP contribution >= 0.6 is 11.6 Å². The van der Waals surface area contributed by atoms with Crippen molar-refractivity contribution in [2.45, 2.75) is 12.8 Å². The predicted octanol–water partition coefficient (Wildman–Crippen LogP) is 2.50. The molecule has 1 amide bonds. The number of fused-ring (bicyclic) bond motifs is 1. The number of ether oxygens (including phenoxy) is 1. The summed E-state index contributed by atoms with van der Waals surface area (Å²) < 4.78 is 5.35. The van der Waals surface area contributed by atoms with Crippen LogP contribution in [0.4, 0.5) is 11.4 Å². The van der Waals surface area contributed by atoms with E-state index >= 15 is 0 Å². The zero-order chi connectivity index (χ0) is 12.6. The molecular formula is C13H15ClN2O2. The largest absolute Gasteiger partial charge is 0.382 e. The van der Waals surface area contributed by atoms with Crippen molar-refractivity contribution < 1.29 is 9.53 Å². The summed E-state index contributed by atoms with van der Waals surface area (Å²) >= 11 is 5.96. The summed E-state index contributed by atoms with van der Waals surface area (Å²) in [5.74, 6) is 0.0688. The van der Waals surface area contributed by atoms with Crippen molar-refractivity contribution in [3.05, 3.63) is 23.2 Å². The lowest BCUT2D eigenvalue weighted by atomic mass is 9.79.